The van der Waals surface area contributed by atoms with Crippen molar-refractivity contribution in [1.29, 1.82) is 0 Å². The minimum atomic E-state index is 0.141. The van der Waals surface area contributed by atoms with Crippen LogP contribution in [0.5, 0.6) is 0 Å². The highest BCUT2D eigenvalue weighted by Gasteiger charge is 2.15. The van der Waals surface area contributed by atoms with E-state index in [-0.39, 0.29) is 6.04 Å². The van der Waals surface area contributed by atoms with Crippen LogP contribution in [0.2, 0.25) is 0 Å². The second-order valence-corrected chi connectivity index (χ2v) is 4.32. The van der Waals surface area contributed by atoms with Gasteiger partial charge in [-0.05, 0) is 44.6 Å². The van der Waals surface area contributed by atoms with Crippen molar-refractivity contribution in [3.05, 3.63) is 40.3 Å². The summed E-state index contributed by atoms with van der Waals surface area (Å²) in [5.74, 6) is 1.88. The standard InChI is InChI=1S/C12H16N2OS/c1-4-10-7-13-12(16)14(10)9(3)11-6-5-8(2)15-11/h5-7,9H,4H2,1-3H3,(H,13,16). The van der Waals surface area contributed by atoms with E-state index in [2.05, 4.69) is 23.4 Å². The average molecular weight is 236 g/mol. The number of rotatable bonds is 3. The van der Waals surface area contributed by atoms with Crippen molar-refractivity contribution in [1.82, 2.24) is 9.55 Å². The van der Waals surface area contributed by atoms with Gasteiger partial charge in [-0.15, -0.1) is 0 Å². The largest absolute Gasteiger partial charge is 0.464 e. The smallest absolute Gasteiger partial charge is 0.178 e. The van der Waals surface area contributed by atoms with Gasteiger partial charge in [0.15, 0.2) is 4.77 Å². The summed E-state index contributed by atoms with van der Waals surface area (Å²) in [5, 5.41) is 0. The van der Waals surface area contributed by atoms with Crippen molar-refractivity contribution < 1.29 is 4.42 Å². The van der Waals surface area contributed by atoms with E-state index in [1.54, 1.807) is 0 Å². The first-order valence-electron chi connectivity index (χ1n) is 5.48. The fraction of sp³-hybridized carbons (Fsp3) is 0.417. The number of aryl methyl sites for hydroxylation is 2. The first-order chi connectivity index (χ1) is 7.63. The fourth-order valence-electron chi connectivity index (χ4n) is 1.92. The molecule has 0 spiro atoms. The molecule has 2 aromatic heterocycles. The van der Waals surface area contributed by atoms with Crippen LogP contribution in [-0.4, -0.2) is 9.55 Å². The van der Waals surface area contributed by atoms with E-state index in [9.17, 15) is 0 Å². The van der Waals surface area contributed by atoms with Crippen LogP contribution < -0.4 is 0 Å². The number of imidazole rings is 1. The van der Waals surface area contributed by atoms with Gasteiger partial charge in [-0.2, -0.15) is 0 Å². The molecule has 0 aliphatic rings. The van der Waals surface area contributed by atoms with Crippen molar-refractivity contribution in [3.63, 3.8) is 0 Å². The summed E-state index contributed by atoms with van der Waals surface area (Å²) >= 11 is 5.29. The Balaban J connectivity index is 2.44. The molecule has 2 rings (SSSR count). The van der Waals surface area contributed by atoms with Crippen LogP contribution >= 0.6 is 12.2 Å². The normalized spacial score (nSPS) is 12.9. The van der Waals surface area contributed by atoms with Crippen LogP contribution in [0.15, 0.2) is 22.7 Å². The number of nitrogens with zero attached hydrogens (tertiary/aromatic N) is 1. The van der Waals surface area contributed by atoms with Gasteiger partial charge in [0.05, 0.1) is 6.04 Å². The highest BCUT2D eigenvalue weighted by Crippen LogP contribution is 2.22. The number of aromatic nitrogens is 2. The maximum Gasteiger partial charge on any atom is 0.178 e. The fourth-order valence-corrected chi connectivity index (χ4v) is 2.25. The SMILES string of the molecule is CCc1c[nH]c(=S)n1C(C)c1ccc(C)o1. The van der Waals surface area contributed by atoms with Gasteiger partial charge in [-0.1, -0.05) is 6.92 Å². The summed E-state index contributed by atoms with van der Waals surface area (Å²) in [5.41, 5.74) is 1.20. The maximum absolute atomic E-state index is 5.64. The van der Waals surface area contributed by atoms with Crippen LogP contribution in [0.25, 0.3) is 0 Å². The number of H-pyrrole nitrogens is 1. The molecule has 0 saturated carbocycles. The Labute approximate surface area is 100 Å². The molecule has 0 aliphatic heterocycles. The van der Waals surface area contributed by atoms with Crippen LogP contribution in [0.1, 0.15) is 37.1 Å². The second-order valence-electron chi connectivity index (χ2n) is 3.93. The molecule has 0 amide bonds. The van der Waals surface area contributed by atoms with Crippen molar-refractivity contribution >= 4 is 12.2 Å². The lowest BCUT2D eigenvalue weighted by molar-refractivity contribution is 0.422. The monoisotopic (exact) mass is 236 g/mol. The minimum absolute atomic E-state index is 0.141. The van der Waals surface area contributed by atoms with Crippen LogP contribution in [0.3, 0.4) is 0 Å². The van der Waals surface area contributed by atoms with Gasteiger partial charge in [-0.3, -0.25) is 0 Å². The molecule has 2 aromatic rings. The van der Waals surface area contributed by atoms with E-state index in [1.165, 1.54) is 5.69 Å². The van der Waals surface area contributed by atoms with Crippen molar-refractivity contribution in [2.75, 3.05) is 0 Å². The summed E-state index contributed by atoms with van der Waals surface area (Å²) in [6.07, 6.45) is 2.92. The van der Waals surface area contributed by atoms with Crippen LogP contribution in [-0.2, 0) is 6.42 Å². The van der Waals surface area contributed by atoms with E-state index in [1.807, 2.05) is 25.3 Å². The molecule has 4 heteroatoms. The zero-order chi connectivity index (χ0) is 11.7. The molecule has 0 radical (unpaired) electrons. The Bertz CT molecular complexity index is 535. The van der Waals surface area contributed by atoms with Crippen molar-refractivity contribution in [2.24, 2.45) is 0 Å². The van der Waals surface area contributed by atoms with Gasteiger partial charge in [-0.25, -0.2) is 0 Å². The predicted octanol–water partition coefficient (Wildman–Crippen LogP) is 3.62. The number of hydrogen-bond acceptors (Lipinski definition) is 2. The average Bonchev–Trinajstić information content (AvgIpc) is 2.83. The zero-order valence-electron chi connectivity index (χ0n) is 9.78. The van der Waals surface area contributed by atoms with E-state index in [4.69, 9.17) is 16.6 Å². The summed E-state index contributed by atoms with van der Waals surface area (Å²) in [7, 11) is 0. The van der Waals surface area contributed by atoms with Gasteiger partial charge >= 0.3 is 0 Å². The number of furan rings is 1. The van der Waals surface area contributed by atoms with Crippen molar-refractivity contribution in [3.8, 4) is 0 Å². The summed E-state index contributed by atoms with van der Waals surface area (Å²) in [6, 6.07) is 4.13. The Kier molecular flexibility index (Phi) is 3.01. The minimum Gasteiger partial charge on any atom is -0.464 e. The lowest BCUT2D eigenvalue weighted by Crippen LogP contribution is -2.09. The third kappa shape index (κ3) is 1.85. The first kappa shape index (κ1) is 11.2. The Morgan fingerprint density at radius 3 is 2.81 bits per heavy atom. The molecule has 2 heterocycles. The lowest BCUT2D eigenvalue weighted by Gasteiger charge is -2.13. The van der Waals surface area contributed by atoms with Crippen molar-refractivity contribution in [2.45, 2.75) is 33.2 Å². The molecular weight excluding hydrogens is 220 g/mol. The van der Waals surface area contributed by atoms with E-state index in [0.29, 0.717) is 0 Å². The van der Waals surface area contributed by atoms with E-state index < -0.39 is 0 Å². The number of hydrogen-bond donors (Lipinski definition) is 1. The first-order valence-corrected chi connectivity index (χ1v) is 5.89. The molecule has 0 fully saturated rings. The molecule has 16 heavy (non-hydrogen) atoms. The summed E-state index contributed by atoms with van der Waals surface area (Å²) in [4.78, 5) is 3.08. The maximum atomic E-state index is 5.64. The van der Waals surface area contributed by atoms with Gasteiger partial charge in [0.1, 0.15) is 11.5 Å². The zero-order valence-corrected chi connectivity index (χ0v) is 10.6. The quantitative estimate of drug-likeness (QED) is 0.826. The third-order valence-corrected chi connectivity index (χ3v) is 3.13. The van der Waals surface area contributed by atoms with Gasteiger partial charge in [0, 0.05) is 11.9 Å². The van der Waals surface area contributed by atoms with Crippen LogP contribution in [0, 0.1) is 11.7 Å². The molecule has 86 valence electrons. The topological polar surface area (TPSA) is 33.9 Å². The molecular formula is C12H16N2OS. The van der Waals surface area contributed by atoms with Gasteiger partial charge in [0.25, 0.3) is 0 Å². The third-order valence-electron chi connectivity index (χ3n) is 2.81. The predicted molar refractivity (Wildman–Crippen MR) is 66.3 cm³/mol. The molecule has 1 atom stereocenters. The molecule has 0 bridgehead atoms. The molecule has 1 N–H and O–H groups in total. The summed E-state index contributed by atoms with van der Waals surface area (Å²) in [6.45, 7) is 6.17. The molecule has 1 unspecified atom stereocenters. The number of nitrogens with one attached hydrogen (secondary N) is 1. The summed E-state index contributed by atoms with van der Waals surface area (Å²) < 4.78 is 8.50. The van der Waals surface area contributed by atoms with Crippen LogP contribution in [0.4, 0.5) is 0 Å². The number of aromatic amines is 1. The highest BCUT2D eigenvalue weighted by molar-refractivity contribution is 7.71. The Morgan fingerprint density at radius 1 is 1.50 bits per heavy atom. The van der Waals surface area contributed by atoms with E-state index >= 15 is 0 Å². The Hall–Kier alpha value is -1.29. The molecule has 3 nitrogen and oxygen atoms in total. The van der Waals surface area contributed by atoms with E-state index in [0.717, 1.165) is 22.7 Å². The molecule has 0 saturated heterocycles. The molecule has 0 aromatic carbocycles. The van der Waals surface area contributed by atoms with Gasteiger partial charge < -0.3 is 14.0 Å². The van der Waals surface area contributed by atoms with Gasteiger partial charge in [0.2, 0.25) is 0 Å². The Morgan fingerprint density at radius 2 is 2.25 bits per heavy atom. The second kappa shape index (κ2) is 4.29. The highest BCUT2D eigenvalue weighted by atomic mass is 32.1. The lowest BCUT2D eigenvalue weighted by atomic mass is 10.2. The molecule has 0 aliphatic carbocycles.